The molecule has 0 aromatic carbocycles. The van der Waals surface area contributed by atoms with E-state index in [-0.39, 0.29) is 11.9 Å². The van der Waals surface area contributed by atoms with Gasteiger partial charge in [-0.25, -0.2) is 0 Å². The molecule has 0 bridgehead atoms. The Morgan fingerprint density at radius 2 is 2.33 bits per heavy atom. The first-order valence-corrected chi connectivity index (χ1v) is 5.58. The zero-order chi connectivity index (χ0) is 10.8. The van der Waals surface area contributed by atoms with Crippen LogP contribution in [-0.2, 0) is 4.79 Å². The van der Waals surface area contributed by atoms with Crippen molar-refractivity contribution in [3.05, 3.63) is 17.0 Å². The average molecular weight is 224 g/mol. The van der Waals surface area contributed by atoms with Crippen LogP contribution < -0.4 is 10.2 Å². The molecule has 1 aromatic rings. The highest BCUT2D eigenvalue weighted by Gasteiger charge is 2.28. The summed E-state index contributed by atoms with van der Waals surface area (Å²) in [4.78, 5) is 24.2. The Kier molecular flexibility index (Phi) is 2.73. The number of hydrogen-bond acceptors (Lipinski definition) is 4. The van der Waals surface area contributed by atoms with E-state index in [2.05, 4.69) is 10.2 Å². The smallest absolute Gasteiger partial charge is 0.217 e. The molecule has 1 amide bonds. The van der Waals surface area contributed by atoms with Crippen LogP contribution >= 0.6 is 11.3 Å². The molecule has 0 spiro atoms. The fourth-order valence-corrected chi connectivity index (χ4v) is 2.45. The largest absolute Gasteiger partial charge is 0.359 e. The lowest BCUT2D eigenvalue weighted by Gasteiger charge is -2.40. The van der Waals surface area contributed by atoms with Gasteiger partial charge in [-0.3, -0.25) is 9.59 Å². The van der Waals surface area contributed by atoms with Crippen LogP contribution in [0, 0.1) is 0 Å². The van der Waals surface area contributed by atoms with Gasteiger partial charge in [0.1, 0.15) is 0 Å². The van der Waals surface area contributed by atoms with E-state index >= 15 is 0 Å². The second-order valence-electron chi connectivity index (χ2n) is 3.60. The predicted molar refractivity (Wildman–Crippen MR) is 59.5 cm³/mol. The van der Waals surface area contributed by atoms with Crippen molar-refractivity contribution in [3.63, 3.8) is 0 Å². The second kappa shape index (κ2) is 4.02. The fourth-order valence-electron chi connectivity index (χ4n) is 1.61. The summed E-state index contributed by atoms with van der Waals surface area (Å²) >= 11 is 1.48. The topological polar surface area (TPSA) is 49.4 Å². The van der Waals surface area contributed by atoms with Crippen LogP contribution in [0.2, 0.25) is 0 Å². The monoisotopic (exact) mass is 224 g/mol. The van der Waals surface area contributed by atoms with Gasteiger partial charge in [0, 0.05) is 20.0 Å². The summed E-state index contributed by atoms with van der Waals surface area (Å²) in [5.41, 5.74) is 0. The Bertz CT molecular complexity index is 383. The number of anilines is 1. The molecule has 4 nitrogen and oxygen atoms in total. The Hall–Kier alpha value is -1.36. The van der Waals surface area contributed by atoms with E-state index in [0.29, 0.717) is 0 Å². The van der Waals surface area contributed by atoms with E-state index in [0.717, 1.165) is 29.3 Å². The second-order valence-corrected chi connectivity index (χ2v) is 4.69. The van der Waals surface area contributed by atoms with Crippen molar-refractivity contribution >= 4 is 28.5 Å². The third-order valence-corrected chi connectivity index (χ3v) is 3.40. The minimum absolute atomic E-state index is 0.0133. The van der Waals surface area contributed by atoms with Gasteiger partial charge in [-0.05, 0) is 12.1 Å². The van der Waals surface area contributed by atoms with Gasteiger partial charge >= 0.3 is 0 Å². The number of hydrogen-bond donors (Lipinski definition) is 1. The summed E-state index contributed by atoms with van der Waals surface area (Å²) in [7, 11) is 0. The van der Waals surface area contributed by atoms with Crippen LogP contribution in [0.15, 0.2) is 12.1 Å². The van der Waals surface area contributed by atoms with E-state index < -0.39 is 0 Å². The maximum Gasteiger partial charge on any atom is 0.217 e. The summed E-state index contributed by atoms with van der Waals surface area (Å²) in [5.74, 6) is 0.0133. The minimum Gasteiger partial charge on any atom is -0.359 e. The number of carbonyl (C=O) groups is 2. The molecule has 80 valence electrons. The molecule has 1 fully saturated rings. The predicted octanol–water partition coefficient (Wildman–Crippen LogP) is 0.885. The molecule has 0 aliphatic carbocycles. The summed E-state index contributed by atoms with van der Waals surface area (Å²) in [5, 5.41) is 3.95. The molecule has 5 heteroatoms. The molecule has 1 N–H and O–H groups in total. The van der Waals surface area contributed by atoms with Crippen LogP contribution in [0.1, 0.15) is 16.6 Å². The van der Waals surface area contributed by atoms with E-state index in [1.165, 1.54) is 18.3 Å². The maximum absolute atomic E-state index is 10.8. The van der Waals surface area contributed by atoms with Crippen LogP contribution in [0.5, 0.6) is 0 Å². The van der Waals surface area contributed by atoms with Gasteiger partial charge in [-0.2, -0.15) is 0 Å². The third-order valence-electron chi connectivity index (χ3n) is 2.33. The molecule has 1 aromatic heterocycles. The van der Waals surface area contributed by atoms with Gasteiger partial charge in [0.25, 0.3) is 0 Å². The SMILES string of the molecule is CC(=O)NC1CN(c2ccc(C=O)s2)C1. The normalized spacial score (nSPS) is 15.9. The van der Waals surface area contributed by atoms with E-state index in [1.54, 1.807) is 0 Å². The fraction of sp³-hybridized carbons (Fsp3) is 0.400. The first kappa shape index (κ1) is 10.2. The number of rotatable bonds is 3. The first-order valence-electron chi connectivity index (χ1n) is 4.76. The van der Waals surface area contributed by atoms with Crippen LogP contribution in [-0.4, -0.2) is 31.3 Å². The van der Waals surface area contributed by atoms with Crippen molar-refractivity contribution in [2.75, 3.05) is 18.0 Å². The molecule has 1 saturated heterocycles. The molecule has 0 atom stereocenters. The zero-order valence-corrected chi connectivity index (χ0v) is 9.21. The van der Waals surface area contributed by atoms with Gasteiger partial charge in [-0.15, -0.1) is 11.3 Å². The van der Waals surface area contributed by atoms with E-state index in [1.807, 2.05) is 12.1 Å². The molecule has 15 heavy (non-hydrogen) atoms. The molecule has 0 radical (unpaired) electrons. The highest BCUT2D eigenvalue weighted by Crippen LogP contribution is 2.28. The Morgan fingerprint density at radius 3 is 2.87 bits per heavy atom. The number of carbonyl (C=O) groups excluding carboxylic acids is 2. The maximum atomic E-state index is 10.8. The molecule has 1 aliphatic rings. The number of nitrogens with zero attached hydrogens (tertiary/aromatic N) is 1. The Balaban J connectivity index is 1.88. The summed E-state index contributed by atoms with van der Waals surface area (Å²) in [6.07, 6.45) is 0.860. The zero-order valence-electron chi connectivity index (χ0n) is 8.40. The molecule has 0 saturated carbocycles. The highest BCUT2D eigenvalue weighted by molar-refractivity contribution is 7.17. The molecule has 2 heterocycles. The van der Waals surface area contributed by atoms with Crippen molar-refractivity contribution < 1.29 is 9.59 Å². The standard InChI is InChI=1S/C10H12N2O2S/c1-7(14)11-8-4-12(5-8)10-3-2-9(6-13)15-10/h2-3,6,8H,4-5H2,1H3,(H,11,14). The lowest BCUT2D eigenvalue weighted by atomic mass is 10.1. The molecule has 2 rings (SSSR count). The van der Waals surface area contributed by atoms with E-state index in [9.17, 15) is 9.59 Å². The lowest BCUT2D eigenvalue weighted by molar-refractivity contribution is -0.119. The third kappa shape index (κ3) is 2.18. The molecule has 0 unspecified atom stereocenters. The van der Waals surface area contributed by atoms with Crippen molar-refractivity contribution in [2.24, 2.45) is 0 Å². The van der Waals surface area contributed by atoms with Gasteiger partial charge in [0.2, 0.25) is 5.91 Å². The van der Waals surface area contributed by atoms with Crippen LogP contribution in [0.4, 0.5) is 5.00 Å². The minimum atomic E-state index is 0.0133. The van der Waals surface area contributed by atoms with Gasteiger partial charge in [0.15, 0.2) is 6.29 Å². The summed E-state index contributed by atoms with van der Waals surface area (Å²) in [6.45, 7) is 3.19. The first-order chi connectivity index (χ1) is 7.19. The van der Waals surface area contributed by atoms with Crippen molar-refractivity contribution in [3.8, 4) is 0 Å². The van der Waals surface area contributed by atoms with Crippen LogP contribution in [0.3, 0.4) is 0 Å². The van der Waals surface area contributed by atoms with Crippen molar-refractivity contribution in [1.82, 2.24) is 5.32 Å². The number of aldehydes is 1. The molecular weight excluding hydrogens is 212 g/mol. The quantitative estimate of drug-likeness (QED) is 0.776. The average Bonchev–Trinajstić information content (AvgIpc) is 2.58. The Labute approximate surface area is 91.9 Å². The Morgan fingerprint density at radius 1 is 1.60 bits per heavy atom. The van der Waals surface area contributed by atoms with Crippen molar-refractivity contribution in [2.45, 2.75) is 13.0 Å². The van der Waals surface area contributed by atoms with Crippen LogP contribution in [0.25, 0.3) is 0 Å². The summed E-state index contributed by atoms with van der Waals surface area (Å²) < 4.78 is 0. The number of nitrogens with one attached hydrogen (secondary N) is 1. The van der Waals surface area contributed by atoms with E-state index in [4.69, 9.17) is 0 Å². The number of thiophene rings is 1. The van der Waals surface area contributed by atoms with Gasteiger partial charge in [0.05, 0.1) is 15.9 Å². The van der Waals surface area contributed by atoms with Gasteiger partial charge in [-0.1, -0.05) is 0 Å². The molecular formula is C10H12N2O2S. The van der Waals surface area contributed by atoms with Gasteiger partial charge < -0.3 is 10.2 Å². The highest BCUT2D eigenvalue weighted by atomic mass is 32.1. The molecule has 1 aliphatic heterocycles. The number of amides is 1. The van der Waals surface area contributed by atoms with Crippen molar-refractivity contribution in [1.29, 1.82) is 0 Å². The summed E-state index contributed by atoms with van der Waals surface area (Å²) in [6, 6.07) is 4.01. The lowest BCUT2D eigenvalue weighted by Crippen LogP contribution is -2.58.